The van der Waals surface area contributed by atoms with Gasteiger partial charge in [0, 0.05) is 25.5 Å². The van der Waals surface area contributed by atoms with Gasteiger partial charge in [0.25, 0.3) is 0 Å². The summed E-state index contributed by atoms with van der Waals surface area (Å²) in [5, 5.41) is 6.48. The molecule has 4 heteroatoms. The van der Waals surface area contributed by atoms with Crippen LogP contribution in [0, 0.1) is 17.8 Å². The molecule has 0 aromatic heterocycles. The number of nitrogens with one attached hydrogen (secondary N) is 2. The van der Waals surface area contributed by atoms with Crippen molar-refractivity contribution in [3.63, 3.8) is 0 Å². The lowest BCUT2D eigenvalue weighted by atomic mass is 9.92. The minimum absolute atomic E-state index is 0.220. The molecule has 116 valence electrons. The highest BCUT2D eigenvalue weighted by molar-refractivity contribution is 5.75. The molecule has 2 heterocycles. The molecule has 4 nitrogen and oxygen atoms in total. The van der Waals surface area contributed by atoms with Crippen LogP contribution < -0.4 is 10.6 Å². The molecular formula is C16H30N2O2. The average molecular weight is 282 g/mol. The fourth-order valence-corrected chi connectivity index (χ4v) is 3.45. The third-order valence-corrected chi connectivity index (χ3v) is 4.72. The van der Waals surface area contributed by atoms with Gasteiger partial charge in [-0.25, -0.2) is 0 Å². The van der Waals surface area contributed by atoms with Gasteiger partial charge >= 0.3 is 0 Å². The van der Waals surface area contributed by atoms with Crippen LogP contribution >= 0.6 is 0 Å². The van der Waals surface area contributed by atoms with E-state index in [2.05, 4.69) is 24.5 Å². The smallest absolute Gasteiger partial charge is 0.220 e. The molecule has 2 fully saturated rings. The molecule has 2 unspecified atom stereocenters. The molecule has 2 rings (SSSR count). The van der Waals surface area contributed by atoms with Crippen LogP contribution in [0.1, 0.15) is 46.0 Å². The number of rotatable bonds is 6. The van der Waals surface area contributed by atoms with Gasteiger partial charge in [0.05, 0.1) is 6.10 Å². The summed E-state index contributed by atoms with van der Waals surface area (Å²) in [5.74, 6) is 1.99. The predicted octanol–water partition coefficient (Wildman–Crippen LogP) is 1.94. The van der Waals surface area contributed by atoms with Gasteiger partial charge in [-0.1, -0.05) is 13.8 Å². The van der Waals surface area contributed by atoms with E-state index in [-0.39, 0.29) is 5.91 Å². The summed E-state index contributed by atoms with van der Waals surface area (Å²) in [5.41, 5.74) is 0. The van der Waals surface area contributed by atoms with Crippen molar-refractivity contribution < 1.29 is 9.53 Å². The number of hydrogen-bond acceptors (Lipinski definition) is 3. The van der Waals surface area contributed by atoms with Gasteiger partial charge in [-0.05, 0) is 50.6 Å². The Morgan fingerprint density at radius 1 is 1.30 bits per heavy atom. The number of carbonyl (C=O) groups excluding carboxylic acids is 1. The highest BCUT2D eigenvalue weighted by Crippen LogP contribution is 2.26. The predicted molar refractivity (Wildman–Crippen MR) is 80.5 cm³/mol. The van der Waals surface area contributed by atoms with Crippen LogP contribution in [0.5, 0.6) is 0 Å². The summed E-state index contributed by atoms with van der Waals surface area (Å²) < 4.78 is 5.76. The average Bonchev–Trinajstić information content (AvgIpc) is 2.92. The van der Waals surface area contributed by atoms with Crippen molar-refractivity contribution in [3.05, 3.63) is 0 Å². The largest absolute Gasteiger partial charge is 0.378 e. The van der Waals surface area contributed by atoms with Crippen LogP contribution in [0.3, 0.4) is 0 Å². The van der Waals surface area contributed by atoms with Crippen molar-refractivity contribution in [2.24, 2.45) is 17.8 Å². The standard InChI is InChI=1S/C16H30N2O2/c1-12(2)16-14(7-10-20-16)11-18-15(19)4-3-13-5-8-17-9-6-13/h12-14,16-17H,3-11H2,1-2H3,(H,18,19). The molecule has 0 aromatic carbocycles. The second-order valence-corrected chi connectivity index (χ2v) is 6.66. The normalized spacial score (nSPS) is 27.9. The van der Waals surface area contributed by atoms with Gasteiger partial charge in [-0.2, -0.15) is 0 Å². The minimum atomic E-state index is 0.220. The third kappa shape index (κ3) is 4.74. The second-order valence-electron chi connectivity index (χ2n) is 6.66. The van der Waals surface area contributed by atoms with E-state index in [0.717, 1.165) is 45.0 Å². The lowest BCUT2D eigenvalue weighted by molar-refractivity contribution is -0.121. The lowest BCUT2D eigenvalue weighted by Gasteiger charge is -2.23. The Kier molecular flexibility index (Phi) is 6.30. The first kappa shape index (κ1) is 15.8. The molecule has 2 aliphatic rings. The monoisotopic (exact) mass is 282 g/mol. The molecule has 2 atom stereocenters. The van der Waals surface area contributed by atoms with Crippen LogP contribution in [0.15, 0.2) is 0 Å². The molecule has 0 aromatic rings. The van der Waals surface area contributed by atoms with Gasteiger partial charge < -0.3 is 15.4 Å². The van der Waals surface area contributed by atoms with Crippen molar-refractivity contribution in [3.8, 4) is 0 Å². The quantitative estimate of drug-likeness (QED) is 0.783. The Labute approximate surface area is 123 Å². The number of ether oxygens (including phenoxy) is 1. The SMILES string of the molecule is CC(C)C1OCCC1CNC(=O)CCC1CCNCC1. The molecule has 20 heavy (non-hydrogen) atoms. The number of carbonyl (C=O) groups is 1. The molecule has 0 spiro atoms. The van der Waals surface area contributed by atoms with E-state index in [4.69, 9.17) is 4.74 Å². The second kappa shape index (κ2) is 7.99. The van der Waals surface area contributed by atoms with E-state index >= 15 is 0 Å². The first-order chi connectivity index (χ1) is 9.66. The molecule has 2 N–H and O–H groups in total. The minimum Gasteiger partial charge on any atom is -0.378 e. The zero-order chi connectivity index (χ0) is 14.4. The molecule has 0 radical (unpaired) electrons. The molecule has 0 aliphatic carbocycles. The van der Waals surface area contributed by atoms with Crippen molar-refractivity contribution in [2.75, 3.05) is 26.2 Å². The van der Waals surface area contributed by atoms with Gasteiger partial charge in [0.1, 0.15) is 0 Å². The number of hydrogen-bond donors (Lipinski definition) is 2. The summed E-state index contributed by atoms with van der Waals surface area (Å²) in [4.78, 5) is 12.0. The van der Waals surface area contributed by atoms with Crippen LogP contribution in [0.25, 0.3) is 0 Å². The van der Waals surface area contributed by atoms with Crippen molar-refractivity contribution in [2.45, 2.75) is 52.1 Å². The van der Waals surface area contributed by atoms with E-state index in [1.165, 1.54) is 12.8 Å². The Morgan fingerprint density at radius 2 is 2.05 bits per heavy atom. The maximum absolute atomic E-state index is 12.0. The highest BCUT2D eigenvalue weighted by Gasteiger charge is 2.30. The third-order valence-electron chi connectivity index (χ3n) is 4.72. The van der Waals surface area contributed by atoms with Crippen LogP contribution in [0.2, 0.25) is 0 Å². The van der Waals surface area contributed by atoms with E-state index < -0.39 is 0 Å². The van der Waals surface area contributed by atoms with Gasteiger partial charge in [0.2, 0.25) is 5.91 Å². The van der Waals surface area contributed by atoms with Crippen LogP contribution in [-0.4, -0.2) is 38.3 Å². The molecule has 0 bridgehead atoms. The maximum atomic E-state index is 12.0. The van der Waals surface area contributed by atoms with E-state index in [1.54, 1.807) is 0 Å². The Bertz CT molecular complexity index is 301. The van der Waals surface area contributed by atoms with Crippen LogP contribution in [0.4, 0.5) is 0 Å². The van der Waals surface area contributed by atoms with Crippen molar-refractivity contribution in [1.29, 1.82) is 0 Å². The van der Waals surface area contributed by atoms with Crippen molar-refractivity contribution in [1.82, 2.24) is 10.6 Å². The lowest BCUT2D eigenvalue weighted by Crippen LogP contribution is -2.35. The summed E-state index contributed by atoms with van der Waals surface area (Å²) in [6, 6.07) is 0. The summed E-state index contributed by atoms with van der Waals surface area (Å²) in [7, 11) is 0. The van der Waals surface area contributed by atoms with E-state index in [0.29, 0.717) is 24.4 Å². The molecule has 1 amide bonds. The van der Waals surface area contributed by atoms with Gasteiger partial charge in [0.15, 0.2) is 0 Å². The fourth-order valence-electron chi connectivity index (χ4n) is 3.45. The zero-order valence-electron chi connectivity index (χ0n) is 13.0. The van der Waals surface area contributed by atoms with Gasteiger partial charge in [-0.3, -0.25) is 4.79 Å². The topological polar surface area (TPSA) is 50.4 Å². The number of amides is 1. The fraction of sp³-hybridized carbons (Fsp3) is 0.938. The Hall–Kier alpha value is -0.610. The van der Waals surface area contributed by atoms with E-state index in [1.807, 2.05) is 0 Å². The Balaban J connectivity index is 1.62. The van der Waals surface area contributed by atoms with Gasteiger partial charge in [-0.15, -0.1) is 0 Å². The first-order valence-corrected chi connectivity index (χ1v) is 8.26. The zero-order valence-corrected chi connectivity index (χ0v) is 13.0. The summed E-state index contributed by atoms with van der Waals surface area (Å²) in [6.45, 7) is 8.25. The Morgan fingerprint density at radius 3 is 2.75 bits per heavy atom. The van der Waals surface area contributed by atoms with Crippen LogP contribution in [-0.2, 0) is 9.53 Å². The van der Waals surface area contributed by atoms with E-state index in [9.17, 15) is 4.79 Å². The summed E-state index contributed by atoms with van der Waals surface area (Å²) >= 11 is 0. The molecule has 0 saturated carbocycles. The first-order valence-electron chi connectivity index (χ1n) is 8.26. The number of piperidine rings is 1. The van der Waals surface area contributed by atoms with Crippen molar-refractivity contribution >= 4 is 5.91 Å². The molecule has 2 aliphatic heterocycles. The molecular weight excluding hydrogens is 252 g/mol. The maximum Gasteiger partial charge on any atom is 0.220 e. The summed E-state index contributed by atoms with van der Waals surface area (Å²) in [6.07, 6.45) is 5.57. The molecule has 2 saturated heterocycles. The highest BCUT2D eigenvalue weighted by atomic mass is 16.5.